The summed E-state index contributed by atoms with van der Waals surface area (Å²) in [7, 11) is 1.78. The van der Waals surface area contributed by atoms with Gasteiger partial charge in [-0.05, 0) is 29.7 Å². The van der Waals surface area contributed by atoms with Gasteiger partial charge in [0, 0.05) is 32.6 Å². The molecule has 0 aromatic heterocycles. The average Bonchev–Trinajstić information content (AvgIpc) is 3.12. The van der Waals surface area contributed by atoms with Crippen LogP contribution in [-0.2, 0) is 17.9 Å². The Hall–Kier alpha value is -1.67. The van der Waals surface area contributed by atoms with Gasteiger partial charge in [0.2, 0.25) is 0 Å². The Morgan fingerprint density at radius 3 is 2.70 bits per heavy atom. The third-order valence-electron chi connectivity index (χ3n) is 4.60. The lowest BCUT2D eigenvalue weighted by molar-refractivity contribution is 0.0906. The van der Waals surface area contributed by atoms with Gasteiger partial charge in [0.25, 0.3) is 0 Å². The lowest BCUT2D eigenvalue weighted by Gasteiger charge is -2.22. The highest BCUT2D eigenvalue weighted by Crippen LogP contribution is 2.17. The predicted octanol–water partition coefficient (Wildman–Crippen LogP) is 4.06. The molecule has 0 spiro atoms. The maximum atomic E-state index is 13.3. The highest BCUT2D eigenvalue weighted by atomic mass is 127. The summed E-state index contributed by atoms with van der Waals surface area (Å²) in [6, 6.07) is 16.9. The topological polar surface area (TPSA) is 36.9 Å². The maximum absolute atomic E-state index is 13.3. The van der Waals surface area contributed by atoms with E-state index in [0.29, 0.717) is 19.1 Å². The average molecular weight is 483 g/mol. The lowest BCUT2D eigenvalue weighted by atomic mass is 10.1. The van der Waals surface area contributed by atoms with Crippen molar-refractivity contribution in [1.29, 1.82) is 0 Å². The summed E-state index contributed by atoms with van der Waals surface area (Å²) in [6.45, 7) is 3.87. The molecule has 0 radical (unpaired) electrons. The van der Waals surface area contributed by atoms with Crippen LogP contribution in [0, 0.1) is 11.7 Å². The van der Waals surface area contributed by atoms with E-state index in [0.717, 1.165) is 37.6 Å². The van der Waals surface area contributed by atoms with Gasteiger partial charge in [-0.2, -0.15) is 0 Å². The van der Waals surface area contributed by atoms with Gasteiger partial charge < -0.3 is 15.0 Å². The van der Waals surface area contributed by atoms with E-state index < -0.39 is 0 Å². The fraction of sp³-hybridized carbons (Fsp3) is 0.381. The molecule has 4 nitrogen and oxygen atoms in total. The van der Waals surface area contributed by atoms with Gasteiger partial charge in [-0.15, -0.1) is 24.0 Å². The minimum Gasteiger partial charge on any atom is -0.376 e. The van der Waals surface area contributed by atoms with Gasteiger partial charge in [0.1, 0.15) is 5.82 Å². The molecular weight excluding hydrogens is 456 g/mol. The zero-order chi connectivity index (χ0) is 18.2. The fourth-order valence-corrected chi connectivity index (χ4v) is 3.24. The number of halogens is 2. The van der Waals surface area contributed by atoms with Crippen LogP contribution < -0.4 is 5.32 Å². The Labute approximate surface area is 177 Å². The molecule has 0 aliphatic carbocycles. The summed E-state index contributed by atoms with van der Waals surface area (Å²) in [4.78, 5) is 6.61. The Morgan fingerprint density at radius 2 is 1.96 bits per heavy atom. The van der Waals surface area contributed by atoms with Gasteiger partial charge in [0.15, 0.2) is 5.96 Å². The minimum absolute atomic E-state index is 0. The SMILES string of the molecule is CN=C(NCc1cccc(F)c1)N1CCC(COCc2ccccc2)C1.I. The van der Waals surface area contributed by atoms with E-state index in [2.05, 4.69) is 27.3 Å². The van der Waals surface area contributed by atoms with Crippen molar-refractivity contribution in [3.05, 3.63) is 71.5 Å². The van der Waals surface area contributed by atoms with E-state index in [1.807, 2.05) is 24.3 Å². The van der Waals surface area contributed by atoms with Gasteiger partial charge in [-0.1, -0.05) is 42.5 Å². The quantitative estimate of drug-likeness (QED) is 0.383. The number of guanidine groups is 1. The first kappa shape index (κ1) is 21.6. The van der Waals surface area contributed by atoms with E-state index in [4.69, 9.17) is 4.74 Å². The maximum Gasteiger partial charge on any atom is 0.193 e. The first-order valence-electron chi connectivity index (χ1n) is 9.06. The number of likely N-dealkylation sites (tertiary alicyclic amines) is 1. The monoisotopic (exact) mass is 483 g/mol. The molecule has 1 aliphatic rings. The number of rotatable bonds is 6. The van der Waals surface area contributed by atoms with Crippen LogP contribution >= 0.6 is 24.0 Å². The van der Waals surface area contributed by atoms with Crippen LogP contribution in [0.2, 0.25) is 0 Å². The molecule has 2 aromatic carbocycles. The molecule has 3 rings (SSSR count). The predicted molar refractivity (Wildman–Crippen MR) is 118 cm³/mol. The van der Waals surface area contributed by atoms with E-state index in [-0.39, 0.29) is 29.8 Å². The van der Waals surface area contributed by atoms with Crippen LogP contribution in [0.5, 0.6) is 0 Å². The molecule has 1 saturated heterocycles. The molecule has 1 aliphatic heterocycles. The van der Waals surface area contributed by atoms with Crippen molar-refractivity contribution in [3.8, 4) is 0 Å². The number of ether oxygens (including phenoxy) is 1. The molecule has 1 N–H and O–H groups in total. The van der Waals surface area contributed by atoms with E-state index in [1.54, 1.807) is 19.2 Å². The molecule has 0 saturated carbocycles. The highest BCUT2D eigenvalue weighted by Gasteiger charge is 2.24. The standard InChI is InChI=1S/C21H26FN3O.HI/c1-23-21(24-13-18-8-5-9-20(22)12-18)25-11-10-19(14-25)16-26-15-17-6-3-2-4-7-17;/h2-9,12,19H,10-11,13-16H2,1H3,(H,23,24);1H. The second kappa shape index (κ2) is 11.2. The Bertz CT molecular complexity index is 726. The zero-order valence-electron chi connectivity index (χ0n) is 15.6. The van der Waals surface area contributed by atoms with Gasteiger partial charge in [0.05, 0.1) is 13.2 Å². The summed E-state index contributed by atoms with van der Waals surface area (Å²) in [5.74, 6) is 1.15. The molecule has 1 unspecified atom stereocenters. The second-order valence-electron chi connectivity index (χ2n) is 6.63. The first-order chi connectivity index (χ1) is 12.7. The van der Waals surface area contributed by atoms with Crippen molar-refractivity contribution in [2.45, 2.75) is 19.6 Å². The van der Waals surface area contributed by atoms with Crippen LogP contribution in [0.15, 0.2) is 59.6 Å². The van der Waals surface area contributed by atoms with Crippen molar-refractivity contribution in [3.63, 3.8) is 0 Å². The fourth-order valence-electron chi connectivity index (χ4n) is 3.24. The number of hydrogen-bond acceptors (Lipinski definition) is 2. The summed E-state index contributed by atoms with van der Waals surface area (Å²) in [6.07, 6.45) is 1.09. The van der Waals surface area contributed by atoms with E-state index >= 15 is 0 Å². The van der Waals surface area contributed by atoms with Crippen molar-refractivity contribution < 1.29 is 9.13 Å². The largest absolute Gasteiger partial charge is 0.376 e. The number of nitrogens with one attached hydrogen (secondary N) is 1. The number of nitrogens with zero attached hydrogens (tertiary/aromatic N) is 2. The van der Waals surface area contributed by atoms with Crippen LogP contribution in [0.1, 0.15) is 17.5 Å². The number of aliphatic imine (C=N–C) groups is 1. The molecular formula is C21H27FIN3O. The van der Waals surface area contributed by atoms with Crippen molar-refractivity contribution in [1.82, 2.24) is 10.2 Å². The van der Waals surface area contributed by atoms with Crippen molar-refractivity contribution >= 4 is 29.9 Å². The smallest absolute Gasteiger partial charge is 0.193 e. The normalized spacial score (nSPS) is 16.9. The molecule has 1 fully saturated rings. The lowest BCUT2D eigenvalue weighted by Crippen LogP contribution is -2.39. The minimum atomic E-state index is -0.212. The third kappa shape index (κ3) is 6.77. The molecule has 1 atom stereocenters. The van der Waals surface area contributed by atoms with E-state index in [9.17, 15) is 4.39 Å². The molecule has 0 amide bonds. The molecule has 6 heteroatoms. The first-order valence-corrected chi connectivity index (χ1v) is 9.06. The third-order valence-corrected chi connectivity index (χ3v) is 4.60. The summed E-state index contributed by atoms with van der Waals surface area (Å²) in [5, 5.41) is 3.33. The van der Waals surface area contributed by atoms with E-state index in [1.165, 1.54) is 11.6 Å². The van der Waals surface area contributed by atoms with Crippen molar-refractivity contribution in [2.24, 2.45) is 10.9 Å². The van der Waals surface area contributed by atoms with Crippen LogP contribution in [0.3, 0.4) is 0 Å². The van der Waals surface area contributed by atoms with Gasteiger partial charge >= 0.3 is 0 Å². The second-order valence-corrected chi connectivity index (χ2v) is 6.63. The highest BCUT2D eigenvalue weighted by molar-refractivity contribution is 14.0. The molecule has 27 heavy (non-hydrogen) atoms. The number of hydrogen-bond donors (Lipinski definition) is 1. The Kier molecular flexibility index (Phi) is 9.00. The summed E-state index contributed by atoms with van der Waals surface area (Å²) < 4.78 is 19.2. The number of benzene rings is 2. The van der Waals surface area contributed by atoms with Gasteiger partial charge in [-0.3, -0.25) is 4.99 Å². The van der Waals surface area contributed by atoms with Crippen LogP contribution in [0.25, 0.3) is 0 Å². The van der Waals surface area contributed by atoms with Crippen LogP contribution in [-0.4, -0.2) is 37.6 Å². The van der Waals surface area contributed by atoms with Crippen molar-refractivity contribution in [2.75, 3.05) is 26.7 Å². The molecule has 0 bridgehead atoms. The molecule has 146 valence electrons. The Balaban J connectivity index is 0.00000261. The van der Waals surface area contributed by atoms with Gasteiger partial charge in [-0.25, -0.2) is 4.39 Å². The zero-order valence-corrected chi connectivity index (χ0v) is 17.9. The summed E-state index contributed by atoms with van der Waals surface area (Å²) in [5.41, 5.74) is 2.11. The molecule has 1 heterocycles. The molecule has 2 aromatic rings. The van der Waals surface area contributed by atoms with Crippen LogP contribution in [0.4, 0.5) is 4.39 Å². The Morgan fingerprint density at radius 1 is 1.19 bits per heavy atom. The summed E-state index contributed by atoms with van der Waals surface area (Å²) >= 11 is 0.